The van der Waals surface area contributed by atoms with E-state index in [1.54, 1.807) is 0 Å². The van der Waals surface area contributed by atoms with E-state index in [1.807, 2.05) is 42.5 Å². The third-order valence-electron chi connectivity index (χ3n) is 3.49. The molecule has 0 saturated carbocycles. The average Bonchev–Trinajstić information content (AvgIpc) is 2.94. The van der Waals surface area contributed by atoms with Gasteiger partial charge in [-0.05, 0) is 23.3 Å². The number of amides is 1. The van der Waals surface area contributed by atoms with Crippen molar-refractivity contribution in [2.45, 2.75) is 13.0 Å². The fourth-order valence-corrected chi connectivity index (χ4v) is 2.38. The number of benzene rings is 2. The summed E-state index contributed by atoms with van der Waals surface area (Å²) in [7, 11) is 0. The third-order valence-corrected chi connectivity index (χ3v) is 3.49. The first-order chi connectivity index (χ1) is 10.7. The van der Waals surface area contributed by atoms with Gasteiger partial charge in [-0.25, -0.2) is 0 Å². The van der Waals surface area contributed by atoms with E-state index < -0.39 is 6.61 Å². The number of nitrogens with one attached hydrogen (secondary N) is 1. The molecular weight excluding hydrogens is 278 g/mol. The second kappa shape index (κ2) is 6.45. The van der Waals surface area contributed by atoms with E-state index in [2.05, 4.69) is 17.4 Å². The molecule has 3 rings (SSSR count). The summed E-state index contributed by atoms with van der Waals surface area (Å²) in [4.78, 5) is 11.1. The molecule has 1 aromatic heterocycles. The van der Waals surface area contributed by atoms with E-state index in [9.17, 15) is 4.79 Å². The highest BCUT2D eigenvalue weighted by Crippen LogP contribution is 2.22. The van der Waals surface area contributed by atoms with E-state index in [0.29, 0.717) is 6.54 Å². The predicted molar refractivity (Wildman–Crippen MR) is 84.4 cm³/mol. The molecule has 1 heterocycles. The highest BCUT2D eigenvalue weighted by Gasteiger charge is 2.06. The molecule has 0 spiro atoms. The summed E-state index contributed by atoms with van der Waals surface area (Å²) < 4.78 is 5.88. The van der Waals surface area contributed by atoms with Gasteiger partial charge in [-0.15, -0.1) is 0 Å². The van der Waals surface area contributed by atoms with Crippen LogP contribution in [0.15, 0.2) is 59.0 Å². The van der Waals surface area contributed by atoms with Crippen LogP contribution in [0.25, 0.3) is 11.0 Å². The van der Waals surface area contributed by atoms with Gasteiger partial charge in [-0.3, -0.25) is 4.79 Å². The van der Waals surface area contributed by atoms with Gasteiger partial charge in [-0.1, -0.05) is 42.5 Å². The summed E-state index contributed by atoms with van der Waals surface area (Å²) in [5.74, 6) is 0.530. The Morgan fingerprint density at radius 2 is 1.86 bits per heavy atom. The quantitative estimate of drug-likeness (QED) is 0.760. The number of furan rings is 1. The summed E-state index contributed by atoms with van der Waals surface area (Å²) in [5.41, 5.74) is 2.95. The van der Waals surface area contributed by atoms with E-state index in [-0.39, 0.29) is 5.91 Å². The Kier molecular flexibility index (Phi) is 4.21. The SMILES string of the molecule is O=C(CO)NCc1ccc2cc(Cc3ccccc3)oc2c1. The molecule has 0 atom stereocenters. The lowest BCUT2D eigenvalue weighted by molar-refractivity contribution is -0.123. The molecule has 0 fully saturated rings. The molecule has 0 aliphatic heterocycles. The minimum absolute atomic E-state index is 0.379. The van der Waals surface area contributed by atoms with Gasteiger partial charge in [0.15, 0.2) is 0 Å². The van der Waals surface area contributed by atoms with Crippen LogP contribution < -0.4 is 5.32 Å². The zero-order chi connectivity index (χ0) is 15.4. The van der Waals surface area contributed by atoms with Crippen molar-refractivity contribution in [2.75, 3.05) is 6.61 Å². The molecule has 0 aliphatic carbocycles. The van der Waals surface area contributed by atoms with Gasteiger partial charge in [0.05, 0.1) is 0 Å². The molecule has 0 bridgehead atoms. The summed E-state index contributed by atoms with van der Waals surface area (Å²) in [6.07, 6.45) is 0.756. The molecule has 3 aromatic rings. The minimum Gasteiger partial charge on any atom is -0.461 e. The van der Waals surface area contributed by atoms with Crippen LogP contribution in [0.2, 0.25) is 0 Å². The van der Waals surface area contributed by atoms with E-state index in [1.165, 1.54) is 5.56 Å². The fraction of sp³-hybridized carbons (Fsp3) is 0.167. The van der Waals surface area contributed by atoms with Gasteiger partial charge in [-0.2, -0.15) is 0 Å². The maximum Gasteiger partial charge on any atom is 0.245 e. The Morgan fingerprint density at radius 3 is 2.64 bits per heavy atom. The van der Waals surface area contributed by atoms with Crippen molar-refractivity contribution in [3.8, 4) is 0 Å². The largest absolute Gasteiger partial charge is 0.461 e. The van der Waals surface area contributed by atoms with Gasteiger partial charge in [0, 0.05) is 18.4 Å². The van der Waals surface area contributed by atoms with Crippen LogP contribution >= 0.6 is 0 Å². The Labute approximate surface area is 128 Å². The zero-order valence-electron chi connectivity index (χ0n) is 12.1. The van der Waals surface area contributed by atoms with Crippen LogP contribution in [-0.2, 0) is 17.8 Å². The van der Waals surface area contributed by atoms with Crippen LogP contribution in [0, 0.1) is 0 Å². The Balaban J connectivity index is 1.77. The third kappa shape index (κ3) is 3.35. The maximum atomic E-state index is 11.1. The number of carbonyl (C=O) groups excluding carboxylic acids is 1. The first-order valence-electron chi connectivity index (χ1n) is 7.17. The van der Waals surface area contributed by atoms with Crippen LogP contribution in [0.3, 0.4) is 0 Å². The number of carbonyl (C=O) groups is 1. The second-order valence-electron chi connectivity index (χ2n) is 5.18. The minimum atomic E-state index is -0.496. The molecule has 4 nitrogen and oxygen atoms in total. The molecule has 2 aromatic carbocycles. The lowest BCUT2D eigenvalue weighted by Gasteiger charge is -2.02. The molecule has 0 aliphatic rings. The number of rotatable bonds is 5. The highest BCUT2D eigenvalue weighted by molar-refractivity contribution is 5.79. The van der Waals surface area contributed by atoms with Crippen molar-refractivity contribution >= 4 is 16.9 Å². The molecule has 0 unspecified atom stereocenters. The van der Waals surface area contributed by atoms with Crippen LogP contribution in [0.5, 0.6) is 0 Å². The average molecular weight is 295 g/mol. The van der Waals surface area contributed by atoms with Gasteiger partial charge in [0.2, 0.25) is 5.91 Å². The van der Waals surface area contributed by atoms with Gasteiger partial charge in [0.1, 0.15) is 18.0 Å². The van der Waals surface area contributed by atoms with Crippen LogP contribution in [0.1, 0.15) is 16.9 Å². The molecule has 22 heavy (non-hydrogen) atoms. The van der Waals surface area contributed by atoms with Crippen molar-refractivity contribution < 1.29 is 14.3 Å². The molecular formula is C18H17NO3. The Hall–Kier alpha value is -2.59. The zero-order valence-corrected chi connectivity index (χ0v) is 12.1. The standard InChI is InChI=1S/C18H17NO3/c20-12-18(21)19-11-14-6-7-15-10-16(22-17(15)9-14)8-13-4-2-1-3-5-13/h1-7,9-10,20H,8,11-12H2,(H,19,21). The van der Waals surface area contributed by atoms with E-state index >= 15 is 0 Å². The van der Waals surface area contributed by atoms with Crippen molar-refractivity contribution in [1.29, 1.82) is 0 Å². The summed E-state index contributed by atoms with van der Waals surface area (Å²) in [6, 6.07) is 18.1. The number of hydrogen-bond acceptors (Lipinski definition) is 3. The lowest BCUT2D eigenvalue weighted by Crippen LogP contribution is -2.25. The number of hydrogen-bond donors (Lipinski definition) is 2. The van der Waals surface area contributed by atoms with E-state index in [0.717, 1.165) is 28.7 Å². The van der Waals surface area contributed by atoms with Crippen molar-refractivity contribution in [3.63, 3.8) is 0 Å². The van der Waals surface area contributed by atoms with E-state index in [4.69, 9.17) is 9.52 Å². The van der Waals surface area contributed by atoms with Crippen LogP contribution in [-0.4, -0.2) is 17.6 Å². The monoisotopic (exact) mass is 295 g/mol. The molecule has 2 N–H and O–H groups in total. The normalized spacial score (nSPS) is 10.8. The highest BCUT2D eigenvalue weighted by atomic mass is 16.3. The first-order valence-corrected chi connectivity index (χ1v) is 7.17. The maximum absolute atomic E-state index is 11.1. The van der Waals surface area contributed by atoms with Crippen molar-refractivity contribution in [1.82, 2.24) is 5.32 Å². The fourth-order valence-electron chi connectivity index (χ4n) is 2.38. The van der Waals surface area contributed by atoms with Gasteiger partial charge in [0.25, 0.3) is 0 Å². The van der Waals surface area contributed by atoms with Gasteiger partial charge >= 0.3 is 0 Å². The predicted octanol–water partition coefficient (Wildman–Crippen LogP) is 2.63. The molecule has 0 radical (unpaired) electrons. The summed E-state index contributed by atoms with van der Waals surface area (Å²) in [6.45, 7) is -0.117. The van der Waals surface area contributed by atoms with Gasteiger partial charge < -0.3 is 14.8 Å². The molecule has 112 valence electrons. The topological polar surface area (TPSA) is 62.5 Å². The summed E-state index contributed by atoms with van der Waals surface area (Å²) >= 11 is 0. The number of fused-ring (bicyclic) bond motifs is 1. The molecule has 1 amide bonds. The molecule has 4 heteroatoms. The number of aliphatic hydroxyl groups is 1. The first kappa shape index (κ1) is 14.4. The van der Waals surface area contributed by atoms with Crippen molar-refractivity contribution in [2.24, 2.45) is 0 Å². The summed E-state index contributed by atoms with van der Waals surface area (Å²) in [5, 5.41) is 12.4. The van der Waals surface area contributed by atoms with Crippen LogP contribution in [0.4, 0.5) is 0 Å². The number of aliphatic hydroxyl groups excluding tert-OH is 1. The molecule has 0 saturated heterocycles. The van der Waals surface area contributed by atoms with Crippen molar-refractivity contribution in [3.05, 3.63) is 71.5 Å². The lowest BCUT2D eigenvalue weighted by atomic mass is 10.1. The Morgan fingerprint density at radius 1 is 1.05 bits per heavy atom. The smallest absolute Gasteiger partial charge is 0.245 e. The Bertz CT molecular complexity index is 777. The second-order valence-corrected chi connectivity index (χ2v) is 5.18.